The van der Waals surface area contributed by atoms with E-state index in [4.69, 9.17) is 9.47 Å². The third-order valence-corrected chi connectivity index (χ3v) is 4.64. The lowest BCUT2D eigenvalue weighted by atomic mass is 10.3. The predicted octanol–water partition coefficient (Wildman–Crippen LogP) is 4.56. The Balaban J connectivity index is 2.53. The van der Waals surface area contributed by atoms with Gasteiger partial charge in [0.25, 0.3) is 0 Å². The van der Waals surface area contributed by atoms with E-state index in [1.54, 1.807) is 0 Å². The SMILES string of the molecule is C[Si](C)(C)CCOCOc1c(F)cc(Br)c(F)c1F. The molecule has 0 amide bonds. The molecule has 19 heavy (non-hydrogen) atoms. The number of ether oxygens (including phenoxy) is 2. The summed E-state index contributed by atoms with van der Waals surface area (Å²) in [5, 5.41) is 0. The molecule has 0 unspecified atom stereocenters. The van der Waals surface area contributed by atoms with Crippen LogP contribution in [0.15, 0.2) is 10.5 Å². The Morgan fingerprint density at radius 3 is 2.37 bits per heavy atom. The van der Waals surface area contributed by atoms with Crippen molar-refractivity contribution in [3.05, 3.63) is 28.0 Å². The molecule has 1 aromatic carbocycles. The molecule has 1 rings (SSSR count). The van der Waals surface area contributed by atoms with Crippen LogP contribution in [0.25, 0.3) is 0 Å². The highest BCUT2D eigenvalue weighted by molar-refractivity contribution is 9.10. The Labute approximate surface area is 120 Å². The molecule has 0 bridgehead atoms. The third-order valence-electron chi connectivity index (χ3n) is 2.36. The molecule has 108 valence electrons. The first-order chi connectivity index (χ1) is 8.72. The molecule has 0 saturated heterocycles. The molecule has 0 atom stereocenters. The zero-order chi connectivity index (χ0) is 14.6. The molecule has 0 fully saturated rings. The summed E-state index contributed by atoms with van der Waals surface area (Å²) < 4.78 is 49.6. The Morgan fingerprint density at radius 1 is 1.16 bits per heavy atom. The number of halogens is 4. The van der Waals surface area contributed by atoms with Crippen molar-refractivity contribution >= 4 is 24.0 Å². The fourth-order valence-corrected chi connectivity index (χ4v) is 2.35. The van der Waals surface area contributed by atoms with E-state index in [0.717, 1.165) is 12.1 Å². The fourth-order valence-electron chi connectivity index (χ4n) is 1.22. The highest BCUT2D eigenvalue weighted by atomic mass is 79.9. The first-order valence-electron chi connectivity index (χ1n) is 5.76. The quantitative estimate of drug-likeness (QED) is 0.244. The summed E-state index contributed by atoms with van der Waals surface area (Å²) >= 11 is 2.71. The van der Waals surface area contributed by atoms with Gasteiger partial charge in [-0.3, -0.25) is 0 Å². The Kier molecular flexibility index (Phi) is 5.88. The Bertz CT molecular complexity index is 450. The standard InChI is InChI=1S/C12H16BrF3O2Si/c1-19(2,3)5-4-17-7-18-12-9(14)6-8(13)10(15)11(12)16/h6H,4-5,7H2,1-3H3. The second-order valence-electron chi connectivity index (χ2n) is 5.28. The van der Waals surface area contributed by atoms with Gasteiger partial charge < -0.3 is 9.47 Å². The monoisotopic (exact) mass is 356 g/mol. The summed E-state index contributed by atoms with van der Waals surface area (Å²) in [7, 11) is -1.22. The normalized spacial score (nSPS) is 11.7. The van der Waals surface area contributed by atoms with Crippen molar-refractivity contribution in [1.29, 1.82) is 0 Å². The minimum absolute atomic E-state index is 0.283. The van der Waals surface area contributed by atoms with Crippen LogP contribution in [0.1, 0.15) is 0 Å². The maximum Gasteiger partial charge on any atom is 0.204 e. The van der Waals surface area contributed by atoms with Crippen molar-refractivity contribution in [2.24, 2.45) is 0 Å². The van der Waals surface area contributed by atoms with Gasteiger partial charge in [0.2, 0.25) is 5.82 Å². The van der Waals surface area contributed by atoms with E-state index >= 15 is 0 Å². The lowest BCUT2D eigenvalue weighted by Gasteiger charge is -2.15. The molecule has 1 aromatic rings. The van der Waals surface area contributed by atoms with Crippen LogP contribution >= 0.6 is 15.9 Å². The van der Waals surface area contributed by atoms with Crippen LogP contribution in [0.2, 0.25) is 25.7 Å². The number of rotatable bonds is 6. The third kappa shape index (κ3) is 5.16. The Hall–Kier alpha value is -0.533. The van der Waals surface area contributed by atoms with Gasteiger partial charge in [0.1, 0.15) is 0 Å². The summed E-state index contributed by atoms with van der Waals surface area (Å²) in [6.45, 7) is 6.69. The zero-order valence-corrected chi connectivity index (χ0v) is 13.6. The van der Waals surface area contributed by atoms with E-state index in [1.807, 2.05) is 0 Å². The number of benzene rings is 1. The van der Waals surface area contributed by atoms with E-state index in [-0.39, 0.29) is 11.3 Å². The minimum Gasteiger partial charge on any atom is -0.461 e. The van der Waals surface area contributed by atoms with Crippen LogP contribution in [0.5, 0.6) is 5.75 Å². The number of hydrogen-bond donors (Lipinski definition) is 0. The lowest BCUT2D eigenvalue weighted by molar-refractivity contribution is 0.0168. The van der Waals surface area contributed by atoms with Gasteiger partial charge in [0, 0.05) is 14.7 Å². The Morgan fingerprint density at radius 2 is 1.79 bits per heavy atom. The fraction of sp³-hybridized carbons (Fsp3) is 0.500. The average Bonchev–Trinajstić information content (AvgIpc) is 2.28. The highest BCUT2D eigenvalue weighted by Crippen LogP contribution is 2.29. The first-order valence-corrected chi connectivity index (χ1v) is 10.3. The first kappa shape index (κ1) is 16.5. The average molecular weight is 357 g/mol. The van der Waals surface area contributed by atoms with Crippen molar-refractivity contribution in [2.45, 2.75) is 25.7 Å². The van der Waals surface area contributed by atoms with Crippen molar-refractivity contribution in [1.82, 2.24) is 0 Å². The highest BCUT2D eigenvalue weighted by Gasteiger charge is 2.19. The van der Waals surface area contributed by atoms with Gasteiger partial charge in [-0.25, -0.2) is 8.78 Å². The van der Waals surface area contributed by atoms with Crippen LogP contribution in [0, 0.1) is 17.5 Å². The van der Waals surface area contributed by atoms with E-state index in [9.17, 15) is 13.2 Å². The molecule has 0 heterocycles. The van der Waals surface area contributed by atoms with E-state index in [0.29, 0.717) is 6.61 Å². The molecule has 0 aliphatic carbocycles. The van der Waals surface area contributed by atoms with Gasteiger partial charge in [0.15, 0.2) is 24.2 Å². The van der Waals surface area contributed by atoms with Crippen LogP contribution in [-0.4, -0.2) is 21.5 Å². The van der Waals surface area contributed by atoms with Crippen LogP contribution in [0.3, 0.4) is 0 Å². The van der Waals surface area contributed by atoms with Gasteiger partial charge in [-0.15, -0.1) is 0 Å². The summed E-state index contributed by atoms with van der Waals surface area (Å²) in [4.78, 5) is 0. The maximum atomic E-state index is 13.4. The molecule has 7 heteroatoms. The van der Waals surface area contributed by atoms with Crippen LogP contribution < -0.4 is 4.74 Å². The van der Waals surface area contributed by atoms with Gasteiger partial charge in [-0.1, -0.05) is 19.6 Å². The van der Waals surface area contributed by atoms with Crippen molar-refractivity contribution in [2.75, 3.05) is 13.4 Å². The summed E-state index contributed by atoms with van der Waals surface area (Å²) in [5.74, 6) is -4.27. The minimum atomic E-state index is -1.36. The second-order valence-corrected chi connectivity index (χ2v) is 11.8. The molecule has 0 saturated carbocycles. The van der Waals surface area contributed by atoms with Crippen LogP contribution in [0.4, 0.5) is 13.2 Å². The van der Waals surface area contributed by atoms with Gasteiger partial charge in [-0.05, 0) is 28.0 Å². The van der Waals surface area contributed by atoms with E-state index in [1.165, 1.54) is 0 Å². The van der Waals surface area contributed by atoms with Crippen molar-refractivity contribution < 1.29 is 22.6 Å². The summed E-state index contributed by atoms with van der Waals surface area (Å²) in [6.07, 6.45) is 0. The predicted molar refractivity (Wildman–Crippen MR) is 73.6 cm³/mol. The second kappa shape index (κ2) is 6.76. The van der Waals surface area contributed by atoms with Gasteiger partial charge in [0.05, 0.1) is 4.47 Å². The van der Waals surface area contributed by atoms with E-state index < -0.39 is 31.3 Å². The number of hydrogen-bond acceptors (Lipinski definition) is 2. The lowest BCUT2D eigenvalue weighted by Crippen LogP contribution is -2.22. The molecule has 2 nitrogen and oxygen atoms in total. The maximum absolute atomic E-state index is 13.4. The molecule has 0 aliphatic heterocycles. The van der Waals surface area contributed by atoms with Gasteiger partial charge >= 0.3 is 0 Å². The molecule has 0 radical (unpaired) electrons. The molecular weight excluding hydrogens is 341 g/mol. The van der Waals surface area contributed by atoms with Crippen molar-refractivity contribution in [3.63, 3.8) is 0 Å². The zero-order valence-electron chi connectivity index (χ0n) is 11.0. The van der Waals surface area contributed by atoms with Crippen LogP contribution in [-0.2, 0) is 4.74 Å². The largest absolute Gasteiger partial charge is 0.461 e. The summed E-state index contributed by atoms with van der Waals surface area (Å²) in [6, 6.07) is 1.73. The smallest absolute Gasteiger partial charge is 0.204 e. The molecule has 0 aliphatic rings. The molecule has 0 spiro atoms. The van der Waals surface area contributed by atoms with Gasteiger partial charge in [-0.2, -0.15) is 4.39 Å². The topological polar surface area (TPSA) is 18.5 Å². The molecule has 0 N–H and O–H groups in total. The molecule has 0 aromatic heterocycles. The molecular formula is C12H16BrF3O2Si. The summed E-state index contributed by atoms with van der Waals surface area (Å²) in [5.41, 5.74) is 0. The van der Waals surface area contributed by atoms with E-state index in [2.05, 4.69) is 35.6 Å². The van der Waals surface area contributed by atoms with Crippen molar-refractivity contribution in [3.8, 4) is 5.75 Å².